The van der Waals surface area contributed by atoms with Crippen LogP contribution in [0, 0.1) is 0 Å². The Kier molecular flexibility index (Phi) is 8.40. The van der Waals surface area contributed by atoms with Crippen molar-refractivity contribution < 1.29 is 14.9 Å². The van der Waals surface area contributed by atoms with Gasteiger partial charge in [-0.2, -0.15) is 0 Å². The van der Waals surface area contributed by atoms with Crippen LogP contribution in [-0.4, -0.2) is 36.5 Å². The molecule has 3 rings (SSSR count). The van der Waals surface area contributed by atoms with Gasteiger partial charge in [-0.25, -0.2) is 0 Å². The second-order valence-electron chi connectivity index (χ2n) is 8.32. The van der Waals surface area contributed by atoms with Crippen molar-refractivity contribution in [2.45, 2.75) is 63.3 Å². The zero-order valence-corrected chi connectivity index (χ0v) is 18.1. The molecule has 5 N–H and O–H groups in total. The lowest BCUT2D eigenvalue weighted by molar-refractivity contribution is 0.380. The molecule has 0 amide bonds. The number of phenolic OH excluding ortho intramolecular Hbond substituents is 2. The number of nitrogens with one attached hydrogen (secondary N) is 1. The van der Waals surface area contributed by atoms with E-state index in [0.29, 0.717) is 0 Å². The fourth-order valence-electron chi connectivity index (χ4n) is 4.59. The number of fused-ring (bicyclic) bond motifs is 1. The molecule has 2 unspecified atom stereocenters. The first-order valence-corrected chi connectivity index (χ1v) is 11.2. The zero-order valence-electron chi connectivity index (χ0n) is 18.1. The maximum Gasteiger partial charge on any atom is 0.160 e. The van der Waals surface area contributed by atoms with Gasteiger partial charge in [0.25, 0.3) is 0 Å². The van der Waals surface area contributed by atoms with Crippen molar-refractivity contribution in [2.75, 3.05) is 20.2 Å². The van der Waals surface area contributed by atoms with Crippen LogP contribution in [0.3, 0.4) is 0 Å². The highest BCUT2D eigenvalue weighted by atomic mass is 16.5. The third-order valence-corrected chi connectivity index (χ3v) is 6.32. The van der Waals surface area contributed by atoms with E-state index in [2.05, 4.69) is 17.4 Å². The van der Waals surface area contributed by atoms with Gasteiger partial charge in [0.05, 0.1) is 7.11 Å². The van der Waals surface area contributed by atoms with Gasteiger partial charge in [0.2, 0.25) is 0 Å². The molecule has 30 heavy (non-hydrogen) atoms. The summed E-state index contributed by atoms with van der Waals surface area (Å²) in [6.45, 7) is 2.00. The number of rotatable bonds is 11. The molecular formula is C25H36N2O3. The summed E-state index contributed by atoms with van der Waals surface area (Å²) >= 11 is 0. The van der Waals surface area contributed by atoms with Gasteiger partial charge in [-0.3, -0.25) is 0 Å². The summed E-state index contributed by atoms with van der Waals surface area (Å²) in [6, 6.07) is 11.9. The predicted octanol–water partition coefficient (Wildman–Crippen LogP) is 4.25. The Morgan fingerprint density at radius 1 is 1.03 bits per heavy atom. The van der Waals surface area contributed by atoms with E-state index in [1.165, 1.54) is 24.8 Å². The standard InChI is InChI=1S/C25H36N2O3/c1-30-24-10-6-5-8-18(24)15-17-27-16-7-3-2-4-9-20-19-12-14-23(28)25(29)21(19)11-13-22(20)26/h5-6,8,10,12,14,20,22,27-29H,2-4,7,9,11,13,15-17,26H2,1H3. The van der Waals surface area contributed by atoms with E-state index in [-0.39, 0.29) is 23.5 Å². The highest BCUT2D eigenvalue weighted by Gasteiger charge is 2.29. The van der Waals surface area contributed by atoms with Crippen LogP contribution in [-0.2, 0) is 12.8 Å². The number of ether oxygens (including phenoxy) is 1. The second-order valence-corrected chi connectivity index (χ2v) is 8.32. The average molecular weight is 413 g/mol. The number of hydrogen-bond donors (Lipinski definition) is 4. The molecule has 2 aromatic rings. The lowest BCUT2D eigenvalue weighted by atomic mass is 9.76. The minimum Gasteiger partial charge on any atom is -0.504 e. The highest BCUT2D eigenvalue weighted by molar-refractivity contribution is 5.51. The van der Waals surface area contributed by atoms with Crippen LogP contribution >= 0.6 is 0 Å². The molecule has 2 atom stereocenters. The number of phenols is 2. The Labute approximate surface area is 180 Å². The molecule has 0 bridgehead atoms. The second kappa shape index (κ2) is 11.2. The van der Waals surface area contributed by atoms with Crippen LogP contribution in [0.2, 0.25) is 0 Å². The van der Waals surface area contributed by atoms with Crippen molar-refractivity contribution in [3.05, 3.63) is 53.1 Å². The first kappa shape index (κ1) is 22.4. The Hall–Kier alpha value is -2.24. The summed E-state index contributed by atoms with van der Waals surface area (Å²) in [5, 5.41) is 23.4. The highest BCUT2D eigenvalue weighted by Crippen LogP contribution is 2.42. The van der Waals surface area contributed by atoms with Crippen LogP contribution in [0.15, 0.2) is 36.4 Å². The van der Waals surface area contributed by atoms with Crippen molar-refractivity contribution >= 4 is 0 Å². The van der Waals surface area contributed by atoms with Crippen molar-refractivity contribution in [3.63, 3.8) is 0 Å². The van der Waals surface area contributed by atoms with Crippen LogP contribution in [0.1, 0.15) is 61.1 Å². The van der Waals surface area contributed by atoms with Crippen LogP contribution in [0.4, 0.5) is 0 Å². The van der Waals surface area contributed by atoms with Crippen molar-refractivity contribution in [3.8, 4) is 17.2 Å². The minimum atomic E-state index is -0.0267. The fraction of sp³-hybridized carbons (Fsp3) is 0.520. The van der Waals surface area contributed by atoms with Crippen molar-refractivity contribution in [1.29, 1.82) is 0 Å². The van der Waals surface area contributed by atoms with E-state index in [1.54, 1.807) is 13.2 Å². The molecule has 0 aliphatic heterocycles. The summed E-state index contributed by atoms with van der Waals surface area (Å²) in [6.07, 6.45) is 8.34. The third kappa shape index (κ3) is 5.67. The van der Waals surface area contributed by atoms with Crippen LogP contribution < -0.4 is 15.8 Å². The molecule has 1 aliphatic rings. The van der Waals surface area contributed by atoms with Crippen LogP contribution in [0.5, 0.6) is 17.2 Å². The van der Waals surface area contributed by atoms with Crippen LogP contribution in [0.25, 0.3) is 0 Å². The normalized spacial score (nSPS) is 18.2. The lowest BCUT2D eigenvalue weighted by Gasteiger charge is -2.32. The molecule has 0 saturated heterocycles. The maximum atomic E-state index is 10.2. The minimum absolute atomic E-state index is 0.0267. The number of aromatic hydroxyl groups is 2. The largest absolute Gasteiger partial charge is 0.504 e. The number of hydrogen-bond acceptors (Lipinski definition) is 5. The van der Waals surface area contributed by atoms with Gasteiger partial charge in [0.1, 0.15) is 5.75 Å². The van der Waals surface area contributed by atoms with Gasteiger partial charge >= 0.3 is 0 Å². The van der Waals surface area contributed by atoms with E-state index in [4.69, 9.17) is 10.5 Å². The smallest absolute Gasteiger partial charge is 0.160 e. The van der Waals surface area contributed by atoms with Gasteiger partial charge in [-0.15, -0.1) is 0 Å². The average Bonchev–Trinajstić information content (AvgIpc) is 2.76. The van der Waals surface area contributed by atoms with Gasteiger partial charge in [0.15, 0.2) is 11.5 Å². The Morgan fingerprint density at radius 2 is 1.83 bits per heavy atom. The van der Waals surface area contributed by atoms with E-state index in [9.17, 15) is 10.2 Å². The summed E-state index contributed by atoms with van der Waals surface area (Å²) < 4.78 is 5.40. The molecule has 2 aromatic carbocycles. The fourth-order valence-corrected chi connectivity index (χ4v) is 4.59. The topological polar surface area (TPSA) is 87.7 Å². The van der Waals surface area contributed by atoms with Gasteiger partial charge < -0.3 is 26.0 Å². The number of benzene rings is 2. The molecule has 5 nitrogen and oxygen atoms in total. The molecular weight excluding hydrogens is 376 g/mol. The Bertz CT molecular complexity index is 809. The number of unbranched alkanes of at least 4 members (excludes halogenated alkanes) is 3. The molecule has 0 aromatic heterocycles. The van der Waals surface area contributed by atoms with E-state index in [1.807, 2.05) is 18.2 Å². The Balaban J connectivity index is 1.32. The monoisotopic (exact) mass is 412 g/mol. The molecule has 0 spiro atoms. The van der Waals surface area contributed by atoms with E-state index >= 15 is 0 Å². The quantitative estimate of drug-likeness (QED) is 0.327. The van der Waals surface area contributed by atoms with E-state index in [0.717, 1.165) is 62.1 Å². The summed E-state index contributed by atoms with van der Waals surface area (Å²) in [5.41, 5.74) is 9.65. The zero-order chi connectivity index (χ0) is 21.3. The molecule has 5 heteroatoms. The van der Waals surface area contributed by atoms with Gasteiger partial charge in [0, 0.05) is 11.6 Å². The number of methoxy groups -OCH3 is 1. The maximum absolute atomic E-state index is 10.2. The lowest BCUT2D eigenvalue weighted by Crippen LogP contribution is -2.33. The molecule has 164 valence electrons. The Morgan fingerprint density at radius 3 is 2.67 bits per heavy atom. The van der Waals surface area contributed by atoms with Crippen molar-refractivity contribution in [2.24, 2.45) is 5.73 Å². The predicted molar refractivity (Wildman–Crippen MR) is 121 cm³/mol. The van der Waals surface area contributed by atoms with Gasteiger partial charge in [-0.1, -0.05) is 43.5 Å². The number of nitrogens with two attached hydrogens (primary N) is 1. The summed E-state index contributed by atoms with van der Waals surface area (Å²) in [5.74, 6) is 1.26. The molecule has 0 radical (unpaired) electrons. The first-order valence-electron chi connectivity index (χ1n) is 11.2. The van der Waals surface area contributed by atoms with E-state index < -0.39 is 0 Å². The number of para-hydroxylation sites is 1. The molecule has 1 aliphatic carbocycles. The molecule has 0 saturated carbocycles. The summed E-state index contributed by atoms with van der Waals surface area (Å²) in [4.78, 5) is 0. The summed E-state index contributed by atoms with van der Waals surface area (Å²) in [7, 11) is 1.72. The molecule has 0 fully saturated rings. The van der Waals surface area contributed by atoms with Gasteiger partial charge in [-0.05, 0) is 74.4 Å². The molecule has 0 heterocycles. The SMILES string of the molecule is COc1ccccc1CCNCCCCCCC1c2ccc(O)c(O)c2CCC1N. The first-order chi connectivity index (χ1) is 14.6. The van der Waals surface area contributed by atoms with Crippen molar-refractivity contribution in [1.82, 2.24) is 5.32 Å². The third-order valence-electron chi connectivity index (χ3n) is 6.32.